The van der Waals surface area contributed by atoms with Gasteiger partial charge in [0.1, 0.15) is 5.52 Å². The van der Waals surface area contributed by atoms with E-state index in [1.807, 2.05) is 49.7 Å². The van der Waals surface area contributed by atoms with E-state index in [2.05, 4.69) is 25.7 Å². The van der Waals surface area contributed by atoms with E-state index in [0.717, 1.165) is 34.2 Å². The zero-order valence-corrected chi connectivity index (χ0v) is 11.8. The minimum absolute atomic E-state index is 0.413. The minimum Gasteiger partial charge on any atom is -0.327 e. The molecule has 0 bridgehead atoms. The summed E-state index contributed by atoms with van der Waals surface area (Å²) in [6, 6.07) is 8.07. The number of anilines is 1. The summed E-state index contributed by atoms with van der Waals surface area (Å²) in [7, 11) is 1.98. The molecular weight excluding hydrogens is 252 g/mol. The Labute approximate surface area is 116 Å². The van der Waals surface area contributed by atoms with E-state index in [1.165, 1.54) is 0 Å². The van der Waals surface area contributed by atoms with E-state index in [9.17, 15) is 0 Å². The Morgan fingerprint density at radius 1 is 1.30 bits per heavy atom. The molecule has 6 heteroatoms. The van der Waals surface area contributed by atoms with Crippen molar-refractivity contribution in [3.05, 3.63) is 24.3 Å². The third kappa shape index (κ3) is 1.99. The van der Waals surface area contributed by atoms with Crippen LogP contribution in [0.1, 0.15) is 20.3 Å². The van der Waals surface area contributed by atoms with Crippen molar-refractivity contribution >= 4 is 33.7 Å². The highest BCUT2D eigenvalue weighted by molar-refractivity contribution is 6.04. The van der Waals surface area contributed by atoms with E-state index in [4.69, 9.17) is 0 Å². The fraction of sp³-hybridized carbons (Fsp3) is 0.286. The van der Waals surface area contributed by atoms with Crippen molar-refractivity contribution < 1.29 is 0 Å². The molecule has 1 N–H and O–H groups in total. The van der Waals surface area contributed by atoms with Crippen molar-refractivity contribution in [2.75, 3.05) is 5.43 Å². The van der Waals surface area contributed by atoms with Gasteiger partial charge in [-0.2, -0.15) is 10.1 Å². The number of aromatic nitrogens is 4. The fourth-order valence-corrected chi connectivity index (χ4v) is 2.08. The molecule has 0 unspecified atom stereocenters. The van der Waals surface area contributed by atoms with Crippen LogP contribution in [0.2, 0.25) is 0 Å². The first kappa shape index (κ1) is 12.5. The normalized spacial score (nSPS) is 12.2. The molecule has 0 amide bonds. The van der Waals surface area contributed by atoms with Crippen LogP contribution >= 0.6 is 0 Å². The molecule has 0 radical (unpaired) electrons. The number of nitrogens with one attached hydrogen (secondary N) is 1. The quantitative estimate of drug-likeness (QED) is 0.586. The van der Waals surface area contributed by atoms with Gasteiger partial charge >= 0.3 is 0 Å². The summed E-state index contributed by atoms with van der Waals surface area (Å²) in [5.74, 6) is 0.413. The average molecular weight is 268 g/mol. The Balaban J connectivity index is 2.12. The first-order chi connectivity index (χ1) is 9.70. The lowest BCUT2D eigenvalue weighted by Crippen LogP contribution is -2.02. The smallest absolute Gasteiger partial charge is 0.265 e. The zero-order valence-electron chi connectivity index (χ0n) is 11.8. The highest BCUT2D eigenvalue weighted by Gasteiger charge is 2.11. The van der Waals surface area contributed by atoms with Gasteiger partial charge in [0, 0.05) is 18.1 Å². The first-order valence-corrected chi connectivity index (χ1v) is 6.57. The van der Waals surface area contributed by atoms with Gasteiger partial charge in [-0.25, -0.2) is 5.43 Å². The Morgan fingerprint density at radius 2 is 2.10 bits per heavy atom. The van der Waals surface area contributed by atoms with Crippen LogP contribution in [0, 0.1) is 0 Å². The van der Waals surface area contributed by atoms with E-state index >= 15 is 0 Å². The molecule has 0 aliphatic rings. The van der Waals surface area contributed by atoms with Gasteiger partial charge in [-0.3, -0.25) is 0 Å². The lowest BCUT2D eigenvalue weighted by molar-refractivity contribution is 0.948. The summed E-state index contributed by atoms with van der Waals surface area (Å²) in [6.07, 6.45) is 0.886. The highest BCUT2D eigenvalue weighted by Crippen LogP contribution is 2.24. The maximum Gasteiger partial charge on any atom is 0.265 e. The third-order valence-electron chi connectivity index (χ3n) is 3.36. The third-order valence-corrected chi connectivity index (χ3v) is 3.36. The van der Waals surface area contributed by atoms with Crippen LogP contribution in [0.4, 0.5) is 5.95 Å². The standard InChI is InChI=1S/C14H16N6/c1-4-9(2)16-18-14-15-13-12(17-19-14)10-7-5-6-8-11(10)20(13)3/h5-8H,4H2,1-3H3,(H,15,18,19)/b16-9-. The van der Waals surface area contributed by atoms with Crippen molar-refractivity contribution in [3.63, 3.8) is 0 Å². The van der Waals surface area contributed by atoms with Crippen LogP contribution in [0.5, 0.6) is 0 Å². The van der Waals surface area contributed by atoms with Gasteiger partial charge in [0.2, 0.25) is 0 Å². The Hall–Kier alpha value is -2.50. The average Bonchev–Trinajstić information content (AvgIpc) is 2.78. The maximum absolute atomic E-state index is 4.49. The number of fused-ring (bicyclic) bond motifs is 3. The SMILES string of the molecule is CC/C(C)=N\Nc1nnc2c3ccccc3n(C)c2n1. The molecule has 0 atom stereocenters. The van der Waals surface area contributed by atoms with Crippen LogP contribution < -0.4 is 5.43 Å². The molecular formula is C14H16N6. The molecule has 0 aliphatic carbocycles. The molecule has 2 heterocycles. The van der Waals surface area contributed by atoms with Gasteiger partial charge < -0.3 is 4.57 Å². The number of hydrogen-bond donors (Lipinski definition) is 1. The number of aryl methyl sites for hydroxylation is 1. The van der Waals surface area contributed by atoms with Crippen molar-refractivity contribution in [3.8, 4) is 0 Å². The second-order valence-electron chi connectivity index (χ2n) is 4.70. The zero-order chi connectivity index (χ0) is 14.1. The summed E-state index contributed by atoms with van der Waals surface area (Å²) in [4.78, 5) is 4.49. The number of rotatable bonds is 3. The summed E-state index contributed by atoms with van der Waals surface area (Å²) >= 11 is 0. The maximum atomic E-state index is 4.49. The van der Waals surface area contributed by atoms with Crippen LogP contribution in [0.15, 0.2) is 29.4 Å². The second-order valence-corrected chi connectivity index (χ2v) is 4.70. The topological polar surface area (TPSA) is 68.0 Å². The molecule has 2 aromatic heterocycles. The van der Waals surface area contributed by atoms with Gasteiger partial charge in [-0.15, -0.1) is 10.2 Å². The van der Waals surface area contributed by atoms with Crippen molar-refractivity contribution in [1.29, 1.82) is 0 Å². The van der Waals surface area contributed by atoms with E-state index < -0.39 is 0 Å². The molecule has 0 fully saturated rings. The Kier molecular flexibility index (Phi) is 3.06. The van der Waals surface area contributed by atoms with Crippen LogP contribution in [0.3, 0.4) is 0 Å². The second kappa shape index (κ2) is 4.88. The Bertz CT molecular complexity index is 802. The number of hydrazone groups is 1. The minimum atomic E-state index is 0.413. The molecule has 3 rings (SSSR count). The van der Waals surface area contributed by atoms with Gasteiger partial charge in [0.15, 0.2) is 5.65 Å². The highest BCUT2D eigenvalue weighted by atomic mass is 15.4. The number of benzene rings is 1. The predicted octanol–water partition coefficient (Wildman–Crippen LogP) is 2.71. The Morgan fingerprint density at radius 3 is 2.90 bits per heavy atom. The molecule has 0 saturated carbocycles. The monoisotopic (exact) mass is 268 g/mol. The lowest BCUT2D eigenvalue weighted by Gasteiger charge is -2.00. The number of nitrogens with zero attached hydrogens (tertiary/aromatic N) is 5. The lowest BCUT2D eigenvalue weighted by atomic mass is 10.2. The van der Waals surface area contributed by atoms with E-state index in [-0.39, 0.29) is 0 Å². The summed E-state index contributed by atoms with van der Waals surface area (Å²) in [6.45, 7) is 4.00. The molecule has 0 aliphatic heterocycles. The largest absolute Gasteiger partial charge is 0.327 e. The molecule has 6 nitrogen and oxygen atoms in total. The van der Waals surface area contributed by atoms with Gasteiger partial charge in [-0.1, -0.05) is 25.1 Å². The van der Waals surface area contributed by atoms with Crippen molar-refractivity contribution in [2.45, 2.75) is 20.3 Å². The van der Waals surface area contributed by atoms with Crippen molar-refractivity contribution in [2.24, 2.45) is 12.1 Å². The van der Waals surface area contributed by atoms with Crippen molar-refractivity contribution in [1.82, 2.24) is 19.7 Å². The van der Waals surface area contributed by atoms with Crippen LogP contribution in [-0.2, 0) is 7.05 Å². The molecule has 3 aromatic rings. The van der Waals surface area contributed by atoms with Gasteiger partial charge in [0.05, 0.1) is 5.52 Å². The molecule has 1 aromatic carbocycles. The van der Waals surface area contributed by atoms with Crippen LogP contribution in [0.25, 0.3) is 22.1 Å². The van der Waals surface area contributed by atoms with Crippen LogP contribution in [-0.4, -0.2) is 25.5 Å². The summed E-state index contributed by atoms with van der Waals surface area (Å²) in [5, 5.41) is 13.6. The predicted molar refractivity (Wildman–Crippen MR) is 80.8 cm³/mol. The van der Waals surface area contributed by atoms with Gasteiger partial charge in [-0.05, 0) is 19.4 Å². The summed E-state index contributed by atoms with van der Waals surface area (Å²) in [5.41, 5.74) is 6.54. The fourth-order valence-electron chi connectivity index (χ4n) is 2.08. The van der Waals surface area contributed by atoms with Gasteiger partial charge in [0.25, 0.3) is 5.95 Å². The van der Waals surface area contributed by atoms with E-state index in [1.54, 1.807) is 0 Å². The molecule has 0 saturated heterocycles. The number of hydrogen-bond acceptors (Lipinski definition) is 5. The summed E-state index contributed by atoms with van der Waals surface area (Å²) < 4.78 is 2.01. The molecule has 0 spiro atoms. The van der Waals surface area contributed by atoms with E-state index in [0.29, 0.717) is 5.95 Å². The number of para-hydroxylation sites is 1. The first-order valence-electron chi connectivity index (χ1n) is 6.57. The molecule has 102 valence electrons. The molecule has 20 heavy (non-hydrogen) atoms.